The van der Waals surface area contributed by atoms with E-state index in [4.69, 9.17) is 21.3 Å². The van der Waals surface area contributed by atoms with Gasteiger partial charge in [-0.05, 0) is 67.8 Å². The second kappa shape index (κ2) is 11.4. The molecule has 0 saturated carbocycles. The molecular formula is C26H25ClN2O6. The van der Waals surface area contributed by atoms with Gasteiger partial charge < -0.3 is 19.9 Å². The smallest absolute Gasteiger partial charge is 0.397 e. The van der Waals surface area contributed by atoms with Gasteiger partial charge in [0.25, 0.3) is 5.91 Å². The van der Waals surface area contributed by atoms with E-state index in [-0.39, 0.29) is 24.5 Å². The molecular weight excluding hydrogens is 472 g/mol. The molecule has 3 rings (SSSR count). The summed E-state index contributed by atoms with van der Waals surface area (Å²) in [7, 11) is 0. The summed E-state index contributed by atoms with van der Waals surface area (Å²) in [5.74, 6) is -1.84. The van der Waals surface area contributed by atoms with E-state index in [1.54, 1.807) is 32.9 Å². The molecule has 0 radical (unpaired) electrons. The summed E-state index contributed by atoms with van der Waals surface area (Å²) in [6.07, 6.45) is 0. The van der Waals surface area contributed by atoms with Gasteiger partial charge in [-0.3, -0.25) is 9.59 Å². The van der Waals surface area contributed by atoms with Crippen LogP contribution in [0.25, 0.3) is 0 Å². The molecule has 2 amide bonds. The number of phenols is 1. The summed E-state index contributed by atoms with van der Waals surface area (Å²) in [6.45, 7) is 5.41. The van der Waals surface area contributed by atoms with Crippen molar-refractivity contribution < 1.29 is 29.0 Å². The van der Waals surface area contributed by atoms with Gasteiger partial charge in [0.05, 0.1) is 18.7 Å². The number of aromatic hydroxyl groups is 1. The van der Waals surface area contributed by atoms with Crippen molar-refractivity contribution in [1.29, 1.82) is 0 Å². The Labute approximate surface area is 208 Å². The van der Waals surface area contributed by atoms with Crippen LogP contribution in [-0.4, -0.2) is 33.9 Å². The standard InChI is InChI=1S/C26H25ClN2O6/c1-4-34-26(33)24(31)28-19-12-16(2)23(17(3)13-19)35-20-10-11-22(30)21(14-20)25(32)29(27)15-18-8-6-5-7-9-18/h5-14,30H,4,15H2,1-3H3,(H,28,31). The fourth-order valence-corrected chi connectivity index (χ4v) is 3.61. The molecule has 3 aromatic rings. The largest absolute Gasteiger partial charge is 0.507 e. The number of nitrogens with zero attached hydrogens (tertiary/aromatic N) is 1. The summed E-state index contributed by atoms with van der Waals surface area (Å²) >= 11 is 6.20. The highest BCUT2D eigenvalue weighted by Gasteiger charge is 2.20. The van der Waals surface area contributed by atoms with E-state index < -0.39 is 17.8 Å². The van der Waals surface area contributed by atoms with E-state index in [2.05, 4.69) is 5.32 Å². The molecule has 8 nitrogen and oxygen atoms in total. The number of rotatable bonds is 7. The average molecular weight is 497 g/mol. The topological polar surface area (TPSA) is 105 Å². The third-order valence-corrected chi connectivity index (χ3v) is 5.25. The van der Waals surface area contributed by atoms with Crippen LogP contribution < -0.4 is 10.1 Å². The number of esters is 1. The third kappa shape index (κ3) is 6.51. The van der Waals surface area contributed by atoms with Crippen molar-refractivity contribution in [1.82, 2.24) is 4.42 Å². The predicted octanol–water partition coefficient (Wildman–Crippen LogP) is 5.10. The SMILES string of the molecule is CCOC(=O)C(=O)Nc1cc(C)c(Oc2ccc(O)c(C(=O)N(Cl)Cc3ccccc3)c2)c(C)c1. The van der Waals surface area contributed by atoms with E-state index in [9.17, 15) is 19.5 Å². The molecule has 35 heavy (non-hydrogen) atoms. The molecule has 9 heteroatoms. The summed E-state index contributed by atoms with van der Waals surface area (Å²) < 4.78 is 11.7. The fourth-order valence-electron chi connectivity index (χ4n) is 3.38. The van der Waals surface area contributed by atoms with Crippen LogP contribution in [0.2, 0.25) is 0 Å². The molecule has 182 valence electrons. The number of phenolic OH excluding ortho intramolecular Hbond substituents is 1. The normalized spacial score (nSPS) is 10.4. The zero-order valence-electron chi connectivity index (χ0n) is 19.5. The van der Waals surface area contributed by atoms with Gasteiger partial charge >= 0.3 is 11.9 Å². The molecule has 0 spiro atoms. The van der Waals surface area contributed by atoms with Crippen molar-refractivity contribution in [3.8, 4) is 17.2 Å². The van der Waals surface area contributed by atoms with E-state index >= 15 is 0 Å². The Morgan fingerprint density at radius 2 is 1.66 bits per heavy atom. The van der Waals surface area contributed by atoms with Gasteiger partial charge in [0, 0.05) is 17.5 Å². The Bertz CT molecular complexity index is 1220. The molecule has 0 fully saturated rings. The van der Waals surface area contributed by atoms with Crippen molar-refractivity contribution in [2.75, 3.05) is 11.9 Å². The molecule has 2 N–H and O–H groups in total. The first-order valence-corrected chi connectivity index (χ1v) is 11.1. The average Bonchev–Trinajstić information content (AvgIpc) is 2.82. The molecule has 0 aromatic heterocycles. The minimum Gasteiger partial charge on any atom is -0.507 e. The van der Waals surface area contributed by atoms with Crippen molar-refractivity contribution >= 4 is 35.2 Å². The summed E-state index contributed by atoms with van der Waals surface area (Å²) in [5.41, 5.74) is 2.58. The monoisotopic (exact) mass is 496 g/mol. The number of ether oxygens (including phenoxy) is 2. The second-order valence-electron chi connectivity index (χ2n) is 7.71. The minimum absolute atomic E-state index is 0.0120. The fraction of sp³-hybridized carbons (Fsp3) is 0.192. The number of nitrogens with one attached hydrogen (secondary N) is 1. The van der Waals surface area contributed by atoms with Crippen LogP contribution in [0.4, 0.5) is 5.69 Å². The Morgan fingerprint density at radius 3 is 2.29 bits per heavy atom. The highest BCUT2D eigenvalue weighted by atomic mass is 35.5. The van der Waals surface area contributed by atoms with Gasteiger partial charge in [0.1, 0.15) is 17.2 Å². The Morgan fingerprint density at radius 1 is 1.00 bits per heavy atom. The van der Waals surface area contributed by atoms with Crippen LogP contribution >= 0.6 is 11.8 Å². The van der Waals surface area contributed by atoms with Gasteiger partial charge in [-0.25, -0.2) is 9.21 Å². The Hall–Kier alpha value is -4.04. The lowest BCUT2D eigenvalue weighted by atomic mass is 10.1. The molecule has 0 bridgehead atoms. The summed E-state index contributed by atoms with van der Waals surface area (Å²) in [6, 6.07) is 16.8. The number of benzene rings is 3. The number of carbonyl (C=O) groups is 3. The number of halogens is 1. The van der Waals surface area contributed by atoms with Crippen LogP contribution in [0.3, 0.4) is 0 Å². The van der Waals surface area contributed by atoms with Crippen LogP contribution in [0.5, 0.6) is 17.2 Å². The minimum atomic E-state index is -0.968. The number of amides is 2. The van der Waals surface area contributed by atoms with Gasteiger partial charge in [-0.15, -0.1) is 0 Å². The lowest BCUT2D eigenvalue weighted by Crippen LogP contribution is -2.25. The maximum atomic E-state index is 12.9. The molecule has 0 saturated heterocycles. The zero-order chi connectivity index (χ0) is 25.5. The van der Waals surface area contributed by atoms with Crippen LogP contribution in [-0.2, 0) is 20.9 Å². The van der Waals surface area contributed by atoms with Crippen LogP contribution in [0.15, 0.2) is 60.7 Å². The van der Waals surface area contributed by atoms with Gasteiger partial charge in [0.2, 0.25) is 0 Å². The van der Waals surface area contributed by atoms with Crippen molar-refractivity contribution in [2.45, 2.75) is 27.3 Å². The molecule has 0 heterocycles. The quantitative estimate of drug-likeness (QED) is 0.268. The van der Waals surface area contributed by atoms with Gasteiger partial charge in [-0.2, -0.15) is 0 Å². The molecule has 0 unspecified atom stereocenters. The van der Waals surface area contributed by atoms with E-state index in [0.717, 1.165) is 9.98 Å². The molecule has 0 aliphatic carbocycles. The number of carbonyl (C=O) groups excluding carboxylic acids is 3. The van der Waals surface area contributed by atoms with Crippen molar-refractivity contribution in [3.63, 3.8) is 0 Å². The first-order chi connectivity index (χ1) is 16.7. The first-order valence-electron chi connectivity index (χ1n) is 10.8. The molecule has 0 atom stereocenters. The molecule has 0 aliphatic rings. The zero-order valence-corrected chi connectivity index (χ0v) is 20.3. The van der Waals surface area contributed by atoms with E-state index in [0.29, 0.717) is 28.3 Å². The second-order valence-corrected chi connectivity index (χ2v) is 8.11. The number of anilines is 1. The summed E-state index contributed by atoms with van der Waals surface area (Å²) in [4.78, 5) is 36.3. The van der Waals surface area contributed by atoms with Crippen molar-refractivity contribution in [2.24, 2.45) is 0 Å². The maximum Gasteiger partial charge on any atom is 0.397 e. The van der Waals surface area contributed by atoms with Gasteiger partial charge in [-0.1, -0.05) is 30.3 Å². The molecule has 0 aliphatic heterocycles. The third-order valence-electron chi connectivity index (χ3n) is 4.98. The maximum absolute atomic E-state index is 12.9. The van der Waals surface area contributed by atoms with Crippen molar-refractivity contribution in [3.05, 3.63) is 82.9 Å². The summed E-state index contributed by atoms with van der Waals surface area (Å²) in [5, 5.41) is 12.8. The lowest BCUT2D eigenvalue weighted by molar-refractivity contribution is -0.152. The van der Waals surface area contributed by atoms with E-state index in [1.165, 1.54) is 18.2 Å². The van der Waals surface area contributed by atoms with Crippen LogP contribution in [0, 0.1) is 13.8 Å². The van der Waals surface area contributed by atoms with Gasteiger partial charge in [0.15, 0.2) is 0 Å². The number of aryl methyl sites for hydroxylation is 2. The Balaban J connectivity index is 1.78. The first kappa shape index (κ1) is 25.6. The predicted molar refractivity (Wildman–Crippen MR) is 132 cm³/mol. The highest BCUT2D eigenvalue weighted by Crippen LogP contribution is 2.34. The van der Waals surface area contributed by atoms with Crippen LogP contribution in [0.1, 0.15) is 34.0 Å². The Kier molecular flexibility index (Phi) is 8.33. The lowest BCUT2D eigenvalue weighted by Gasteiger charge is -2.17. The highest BCUT2D eigenvalue weighted by molar-refractivity contribution is 6.37. The number of hydrogen-bond donors (Lipinski definition) is 2. The molecule has 3 aromatic carbocycles. The van der Waals surface area contributed by atoms with E-state index in [1.807, 2.05) is 30.3 Å². The number of hydrogen-bond acceptors (Lipinski definition) is 6.